The zero-order valence-electron chi connectivity index (χ0n) is 9.87. The summed E-state index contributed by atoms with van der Waals surface area (Å²) in [5, 5.41) is 14.3. The van der Waals surface area contributed by atoms with E-state index in [1.165, 1.54) is 16.2 Å². The summed E-state index contributed by atoms with van der Waals surface area (Å²) in [7, 11) is -3.55. The first-order chi connectivity index (χ1) is 8.39. The van der Waals surface area contributed by atoms with E-state index in [-0.39, 0.29) is 24.0 Å². The Morgan fingerprint density at radius 2 is 2.22 bits per heavy atom. The van der Waals surface area contributed by atoms with Crippen molar-refractivity contribution < 1.29 is 13.2 Å². The lowest BCUT2D eigenvalue weighted by Crippen LogP contribution is -2.27. The summed E-state index contributed by atoms with van der Waals surface area (Å²) < 4.78 is 22.0. The van der Waals surface area contributed by atoms with Crippen LogP contribution in [0.1, 0.15) is 18.4 Å². The van der Waals surface area contributed by atoms with E-state index in [1.54, 1.807) is 0 Å². The molecule has 1 atom stereocenters. The highest BCUT2D eigenvalue weighted by molar-refractivity contribution is 7.89. The number of carbonyl (C=O) groups excluding carboxylic acids is 1. The number of carbonyl (C=O) groups is 1. The minimum atomic E-state index is -3.55. The summed E-state index contributed by atoms with van der Waals surface area (Å²) in [5.41, 5.74) is 0. The summed E-state index contributed by atoms with van der Waals surface area (Å²) in [6.45, 7) is 2.30. The van der Waals surface area contributed by atoms with Crippen LogP contribution >= 0.6 is 11.3 Å². The van der Waals surface area contributed by atoms with Crippen molar-refractivity contribution in [3.05, 3.63) is 5.01 Å². The molecule has 9 heteroatoms. The van der Waals surface area contributed by atoms with Crippen molar-refractivity contribution in [1.29, 1.82) is 0 Å². The third-order valence-corrected chi connectivity index (χ3v) is 4.69. The minimum Gasteiger partial charge on any atom is -0.286 e. The second kappa shape index (κ2) is 4.90. The number of nitrogens with zero attached hydrogens (tertiary/aromatic N) is 3. The van der Waals surface area contributed by atoms with Crippen molar-refractivity contribution in [1.82, 2.24) is 10.2 Å². The van der Waals surface area contributed by atoms with Crippen LogP contribution in [0, 0.1) is 5.92 Å². The monoisotopic (exact) mass is 290 g/mol. The SMILES string of the molecule is CCc1nnc(N2CC(CS(N)(=O)=O)CC2=O)s1. The van der Waals surface area contributed by atoms with Gasteiger partial charge in [-0.3, -0.25) is 9.69 Å². The van der Waals surface area contributed by atoms with Gasteiger partial charge in [-0.1, -0.05) is 18.3 Å². The minimum absolute atomic E-state index is 0.123. The maximum Gasteiger partial charge on any atom is 0.229 e. The summed E-state index contributed by atoms with van der Waals surface area (Å²) in [6, 6.07) is 0. The Balaban J connectivity index is 2.09. The Hall–Kier alpha value is -1.06. The van der Waals surface area contributed by atoms with Crippen molar-refractivity contribution >= 4 is 32.4 Å². The zero-order chi connectivity index (χ0) is 13.3. The van der Waals surface area contributed by atoms with Gasteiger partial charge in [-0.25, -0.2) is 13.6 Å². The fourth-order valence-electron chi connectivity index (χ4n) is 1.90. The van der Waals surface area contributed by atoms with E-state index in [0.717, 1.165) is 11.4 Å². The molecule has 0 spiro atoms. The van der Waals surface area contributed by atoms with Crippen molar-refractivity contribution in [2.75, 3.05) is 17.2 Å². The van der Waals surface area contributed by atoms with Gasteiger partial charge in [0.1, 0.15) is 5.01 Å². The van der Waals surface area contributed by atoms with Crippen molar-refractivity contribution in [3.8, 4) is 0 Å². The van der Waals surface area contributed by atoms with Gasteiger partial charge in [0, 0.05) is 18.9 Å². The number of hydrogen-bond acceptors (Lipinski definition) is 6. The van der Waals surface area contributed by atoms with Crippen molar-refractivity contribution in [2.45, 2.75) is 19.8 Å². The van der Waals surface area contributed by atoms with E-state index < -0.39 is 10.0 Å². The largest absolute Gasteiger partial charge is 0.286 e. The molecule has 0 aliphatic carbocycles. The van der Waals surface area contributed by atoms with Crippen molar-refractivity contribution in [3.63, 3.8) is 0 Å². The average Bonchev–Trinajstić information content (AvgIpc) is 2.82. The van der Waals surface area contributed by atoms with E-state index in [1.807, 2.05) is 6.92 Å². The molecule has 1 aromatic heterocycles. The predicted molar refractivity (Wildman–Crippen MR) is 67.7 cm³/mol. The lowest BCUT2D eigenvalue weighted by atomic mass is 10.1. The number of sulfonamides is 1. The second-order valence-electron chi connectivity index (χ2n) is 4.24. The molecule has 1 fully saturated rings. The molecule has 1 aliphatic rings. The van der Waals surface area contributed by atoms with E-state index >= 15 is 0 Å². The summed E-state index contributed by atoms with van der Waals surface area (Å²) in [4.78, 5) is 13.3. The lowest BCUT2D eigenvalue weighted by molar-refractivity contribution is -0.117. The first-order valence-electron chi connectivity index (χ1n) is 5.52. The van der Waals surface area contributed by atoms with Crippen LogP contribution in [0.15, 0.2) is 0 Å². The van der Waals surface area contributed by atoms with Crippen LogP contribution in [0.3, 0.4) is 0 Å². The highest BCUT2D eigenvalue weighted by Gasteiger charge is 2.34. The van der Waals surface area contributed by atoms with E-state index in [9.17, 15) is 13.2 Å². The molecule has 2 N–H and O–H groups in total. The topological polar surface area (TPSA) is 106 Å². The number of aryl methyl sites for hydroxylation is 1. The van der Waals surface area contributed by atoms with Crippen LogP contribution in [0.25, 0.3) is 0 Å². The van der Waals surface area contributed by atoms with Crippen LogP contribution in [0.5, 0.6) is 0 Å². The van der Waals surface area contributed by atoms with Gasteiger partial charge in [0.15, 0.2) is 0 Å². The number of primary sulfonamides is 1. The molecule has 1 saturated heterocycles. The van der Waals surface area contributed by atoms with E-state index in [4.69, 9.17) is 5.14 Å². The third-order valence-electron chi connectivity index (χ3n) is 2.66. The Morgan fingerprint density at radius 1 is 1.50 bits per heavy atom. The maximum atomic E-state index is 11.8. The first kappa shape index (κ1) is 13.4. The molecule has 1 aromatic rings. The molecule has 1 aliphatic heterocycles. The van der Waals surface area contributed by atoms with Gasteiger partial charge in [0.25, 0.3) is 0 Å². The third kappa shape index (κ3) is 3.03. The van der Waals surface area contributed by atoms with Gasteiger partial charge < -0.3 is 0 Å². The molecular formula is C9H14N4O3S2. The number of amides is 1. The van der Waals surface area contributed by atoms with Crippen molar-refractivity contribution in [2.24, 2.45) is 11.1 Å². The summed E-state index contributed by atoms with van der Waals surface area (Å²) in [5.74, 6) is -0.557. The van der Waals surface area contributed by atoms with Gasteiger partial charge >= 0.3 is 0 Å². The average molecular weight is 290 g/mol. The van der Waals surface area contributed by atoms with E-state index in [0.29, 0.717) is 11.7 Å². The molecule has 0 bridgehead atoms. The molecule has 1 amide bonds. The standard InChI is InChI=1S/C9H14N4O3S2/c1-2-7-11-12-9(17-7)13-4-6(3-8(13)14)5-18(10,15)16/h6H,2-5H2,1H3,(H2,10,15,16). The number of anilines is 1. The lowest BCUT2D eigenvalue weighted by Gasteiger charge is -2.11. The van der Waals surface area contributed by atoms with Gasteiger partial charge in [0.2, 0.25) is 21.1 Å². The summed E-state index contributed by atoms with van der Waals surface area (Å²) in [6.07, 6.45) is 0.956. The van der Waals surface area contributed by atoms with Crippen LogP contribution in [-0.4, -0.2) is 36.8 Å². The Kier molecular flexibility index (Phi) is 3.64. The number of rotatable bonds is 4. The highest BCUT2D eigenvalue weighted by Crippen LogP contribution is 2.28. The predicted octanol–water partition coefficient (Wildman–Crippen LogP) is -0.258. The molecule has 2 heterocycles. The molecule has 1 unspecified atom stereocenters. The number of nitrogens with two attached hydrogens (primary N) is 1. The molecule has 0 saturated carbocycles. The molecule has 7 nitrogen and oxygen atoms in total. The number of hydrogen-bond donors (Lipinski definition) is 1. The highest BCUT2D eigenvalue weighted by atomic mass is 32.2. The Labute approximate surface area is 109 Å². The van der Waals surface area contributed by atoms with Crippen LogP contribution < -0.4 is 10.0 Å². The summed E-state index contributed by atoms with van der Waals surface area (Å²) >= 11 is 1.36. The molecule has 0 aromatic carbocycles. The molecule has 18 heavy (non-hydrogen) atoms. The molecule has 2 rings (SSSR count). The quantitative estimate of drug-likeness (QED) is 0.822. The first-order valence-corrected chi connectivity index (χ1v) is 8.05. The van der Waals surface area contributed by atoms with Gasteiger partial charge in [0.05, 0.1) is 5.75 Å². The van der Waals surface area contributed by atoms with Gasteiger partial charge in [-0.05, 0) is 6.42 Å². The molecule has 0 radical (unpaired) electrons. The molecule has 100 valence electrons. The van der Waals surface area contributed by atoms with Gasteiger partial charge in [-0.15, -0.1) is 10.2 Å². The Bertz CT molecular complexity index is 554. The normalized spacial score (nSPS) is 20.7. The van der Waals surface area contributed by atoms with Gasteiger partial charge in [-0.2, -0.15) is 0 Å². The second-order valence-corrected chi connectivity index (χ2v) is 6.94. The fraction of sp³-hybridized carbons (Fsp3) is 0.667. The smallest absolute Gasteiger partial charge is 0.229 e. The zero-order valence-corrected chi connectivity index (χ0v) is 11.5. The van der Waals surface area contributed by atoms with Crippen LogP contribution in [0.4, 0.5) is 5.13 Å². The Morgan fingerprint density at radius 3 is 2.78 bits per heavy atom. The fourth-order valence-corrected chi connectivity index (χ4v) is 3.59. The van der Waals surface area contributed by atoms with E-state index in [2.05, 4.69) is 10.2 Å². The van der Waals surface area contributed by atoms with Crippen LogP contribution in [-0.2, 0) is 21.2 Å². The number of aromatic nitrogens is 2. The maximum absolute atomic E-state index is 11.8. The van der Waals surface area contributed by atoms with Crippen LogP contribution in [0.2, 0.25) is 0 Å². The molecular weight excluding hydrogens is 276 g/mol.